The second-order valence-electron chi connectivity index (χ2n) is 3.66. The van der Waals surface area contributed by atoms with E-state index in [1.165, 1.54) is 11.3 Å². The number of carbonyl (C=O) groups excluding carboxylic acids is 1. The van der Waals surface area contributed by atoms with Gasteiger partial charge < -0.3 is 20.9 Å². The Hall–Kier alpha value is -0.820. The van der Waals surface area contributed by atoms with Crippen LogP contribution in [0.25, 0.3) is 0 Å². The fourth-order valence-corrected chi connectivity index (χ4v) is 3.00. The topological polar surface area (TPSA) is 84.6 Å². The molecular formula is C11H17ClN2O3S. The summed E-state index contributed by atoms with van der Waals surface area (Å²) in [7, 11) is 1.71. The van der Waals surface area contributed by atoms with Crippen molar-refractivity contribution in [3.05, 3.63) is 15.5 Å². The lowest BCUT2D eigenvalue weighted by Gasteiger charge is -2.06. The largest absolute Gasteiger partial charge is 0.462 e. The van der Waals surface area contributed by atoms with E-state index in [1.807, 2.05) is 0 Å². The maximum absolute atomic E-state index is 11.8. The van der Waals surface area contributed by atoms with Gasteiger partial charge in [0.05, 0.1) is 18.2 Å². The minimum Gasteiger partial charge on any atom is -0.462 e. The molecule has 102 valence electrons. The van der Waals surface area contributed by atoms with Crippen molar-refractivity contribution in [2.75, 3.05) is 25.6 Å². The van der Waals surface area contributed by atoms with Crippen molar-refractivity contribution in [1.82, 2.24) is 0 Å². The Labute approximate surface area is 115 Å². The lowest BCUT2D eigenvalue weighted by molar-refractivity contribution is 0.0528. The highest BCUT2D eigenvalue weighted by Gasteiger charge is 2.23. The highest BCUT2D eigenvalue weighted by atomic mass is 35.5. The van der Waals surface area contributed by atoms with Gasteiger partial charge in [0, 0.05) is 24.4 Å². The number of aliphatic hydroxyl groups excluding tert-OH is 1. The fourth-order valence-electron chi connectivity index (χ4n) is 1.45. The zero-order valence-corrected chi connectivity index (χ0v) is 11.9. The average molecular weight is 293 g/mol. The van der Waals surface area contributed by atoms with Crippen molar-refractivity contribution in [3.8, 4) is 0 Å². The number of rotatable bonds is 6. The minimum absolute atomic E-state index is 0.127. The van der Waals surface area contributed by atoms with E-state index in [2.05, 4.69) is 5.32 Å². The number of anilines is 1. The summed E-state index contributed by atoms with van der Waals surface area (Å²) in [5.74, 6) is -0.452. The van der Waals surface area contributed by atoms with Crippen LogP contribution in [0.4, 0.5) is 5.00 Å². The Bertz CT molecular complexity index is 423. The second-order valence-corrected chi connectivity index (χ2v) is 5.14. The van der Waals surface area contributed by atoms with Crippen LogP contribution in [0, 0.1) is 0 Å². The quantitative estimate of drug-likeness (QED) is 0.692. The first-order chi connectivity index (χ1) is 8.54. The lowest BCUT2D eigenvalue weighted by atomic mass is 10.2. The van der Waals surface area contributed by atoms with Gasteiger partial charge in [0.2, 0.25) is 0 Å². The molecule has 0 aliphatic rings. The Kier molecular flexibility index (Phi) is 5.87. The molecular weight excluding hydrogens is 276 g/mol. The molecule has 1 atom stereocenters. The number of carbonyl (C=O) groups is 1. The van der Waals surface area contributed by atoms with Crippen molar-refractivity contribution in [2.45, 2.75) is 19.4 Å². The Balaban J connectivity index is 3.06. The van der Waals surface area contributed by atoms with Crippen LogP contribution in [0.5, 0.6) is 0 Å². The number of hydrogen-bond acceptors (Lipinski definition) is 6. The minimum atomic E-state index is -0.452. The summed E-state index contributed by atoms with van der Waals surface area (Å²) >= 11 is 7.52. The maximum Gasteiger partial charge on any atom is 0.342 e. The number of esters is 1. The molecule has 5 nitrogen and oxygen atoms in total. The summed E-state index contributed by atoms with van der Waals surface area (Å²) in [6.07, 6.45) is 0.425. The number of aliphatic hydroxyl groups is 1. The molecule has 18 heavy (non-hydrogen) atoms. The molecule has 0 saturated heterocycles. The number of halogens is 1. The monoisotopic (exact) mass is 292 g/mol. The third kappa shape index (κ3) is 3.35. The molecule has 4 N–H and O–H groups in total. The smallest absolute Gasteiger partial charge is 0.342 e. The molecule has 0 aromatic carbocycles. The van der Waals surface area contributed by atoms with Crippen LogP contribution in [-0.2, 0) is 11.2 Å². The van der Waals surface area contributed by atoms with Crippen molar-refractivity contribution in [3.63, 3.8) is 0 Å². The van der Waals surface area contributed by atoms with Gasteiger partial charge in [0.25, 0.3) is 0 Å². The van der Waals surface area contributed by atoms with E-state index in [4.69, 9.17) is 27.2 Å². The van der Waals surface area contributed by atoms with Gasteiger partial charge >= 0.3 is 5.97 Å². The van der Waals surface area contributed by atoms with Gasteiger partial charge in [-0.25, -0.2) is 4.79 Å². The summed E-state index contributed by atoms with van der Waals surface area (Å²) in [4.78, 5) is 12.6. The van der Waals surface area contributed by atoms with Crippen LogP contribution in [0.3, 0.4) is 0 Å². The van der Waals surface area contributed by atoms with E-state index in [-0.39, 0.29) is 12.6 Å². The van der Waals surface area contributed by atoms with Gasteiger partial charge in [-0.3, -0.25) is 0 Å². The summed E-state index contributed by atoms with van der Waals surface area (Å²) in [6, 6.07) is -0.388. The molecule has 1 aromatic rings. The van der Waals surface area contributed by atoms with Crippen LogP contribution < -0.4 is 11.1 Å². The van der Waals surface area contributed by atoms with E-state index in [0.29, 0.717) is 28.6 Å². The Morgan fingerprint density at radius 1 is 1.67 bits per heavy atom. The van der Waals surface area contributed by atoms with Gasteiger partial charge in [-0.1, -0.05) is 11.6 Å². The molecule has 0 spiro atoms. The molecule has 0 aliphatic carbocycles. The maximum atomic E-state index is 11.8. The second kappa shape index (κ2) is 6.94. The summed E-state index contributed by atoms with van der Waals surface area (Å²) < 4.78 is 4.96. The molecule has 0 aliphatic heterocycles. The first-order valence-electron chi connectivity index (χ1n) is 5.57. The van der Waals surface area contributed by atoms with E-state index in [9.17, 15) is 4.79 Å². The van der Waals surface area contributed by atoms with E-state index in [1.54, 1.807) is 14.0 Å². The van der Waals surface area contributed by atoms with Crippen LogP contribution in [0.1, 0.15) is 22.2 Å². The van der Waals surface area contributed by atoms with Crippen molar-refractivity contribution in [1.29, 1.82) is 0 Å². The highest BCUT2D eigenvalue weighted by molar-refractivity contribution is 7.17. The molecule has 1 rings (SSSR count). The molecule has 0 amide bonds. The zero-order valence-electron chi connectivity index (χ0n) is 10.3. The number of nitrogens with two attached hydrogens (primary N) is 1. The molecule has 1 aromatic heterocycles. The standard InChI is InChI=1S/C11H17ClN2O3S/c1-3-17-11(16)8-9(12)7(4-6(13)5-15)18-10(8)14-2/h6,14-15H,3-5,13H2,1-2H3. The Morgan fingerprint density at radius 3 is 2.83 bits per heavy atom. The average Bonchev–Trinajstić information content (AvgIpc) is 2.66. The van der Waals surface area contributed by atoms with E-state index in [0.717, 1.165) is 4.88 Å². The van der Waals surface area contributed by atoms with Gasteiger partial charge in [-0.15, -0.1) is 11.3 Å². The first kappa shape index (κ1) is 15.2. The third-order valence-electron chi connectivity index (χ3n) is 2.31. The van der Waals surface area contributed by atoms with Gasteiger partial charge in [0.15, 0.2) is 0 Å². The normalized spacial score (nSPS) is 12.3. The van der Waals surface area contributed by atoms with Gasteiger partial charge in [0.1, 0.15) is 10.6 Å². The van der Waals surface area contributed by atoms with Gasteiger partial charge in [-0.05, 0) is 6.92 Å². The van der Waals surface area contributed by atoms with Crippen molar-refractivity contribution in [2.24, 2.45) is 5.73 Å². The van der Waals surface area contributed by atoms with Crippen LogP contribution in [0.2, 0.25) is 5.02 Å². The third-order valence-corrected chi connectivity index (χ3v) is 4.06. The SMILES string of the molecule is CCOC(=O)c1c(NC)sc(CC(N)CO)c1Cl. The van der Waals surface area contributed by atoms with Crippen LogP contribution >= 0.6 is 22.9 Å². The number of ether oxygens (including phenoxy) is 1. The van der Waals surface area contributed by atoms with Crippen LogP contribution in [0.15, 0.2) is 0 Å². The molecule has 0 radical (unpaired) electrons. The fraction of sp³-hybridized carbons (Fsp3) is 0.545. The van der Waals surface area contributed by atoms with E-state index < -0.39 is 5.97 Å². The highest BCUT2D eigenvalue weighted by Crippen LogP contribution is 2.38. The van der Waals surface area contributed by atoms with Crippen molar-refractivity contribution >= 4 is 33.9 Å². The molecule has 0 saturated carbocycles. The molecule has 0 fully saturated rings. The van der Waals surface area contributed by atoms with Crippen molar-refractivity contribution < 1.29 is 14.6 Å². The summed E-state index contributed by atoms with van der Waals surface area (Å²) in [5, 5.41) is 12.9. The predicted octanol–water partition coefficient (Wildman–Crippen LogP) is 1.48. The zero-order chi connectivity index (χ0) is 13.7. The van der Waals surface area contributed by atoms with E-state index >= 15 is 0 Å². The first-order valence-corrected chi connectivity index (χ1v) is 6.77. The predicted molar refractivity (Wildman–Crippen MR) is 73.6 cm³/mol. The summed E-state index contributed by atoms with van der Waals surface area (Å²) in [5.41, 5.74) is 6.01. The molecule has 7 heteroatoms. The number of thiophene rings is 1. The lowest BCUT2D eigenvalue weighted by Crippen LogP contribution is -2.26. The number of hydrogen-bond donors (Lipinski definition) is 3. The number of nitrogens with one attached hydrogen (secondary N) is 1. The summed E-state index contributed by atoms with van der Waals surface area (Å²) in [6.45, 7) is 1.90. The molecule has 0 bridgehead atoms. The Morgan fingerprint density at radius 2 is 2.33 bits per heavy atom. The molecule has 1 heterocycles. The van der Waals surface area contributed by atoms with Crippen LogP contribution in [-0.4, -0.2) is 37.4 Å². The molecule has 1 unspecified atom stereocenters. The van der Waals surface area contributed by atoms with Gasteiger partial charge in [-0.2, -0.15) is 0 Å².